The van der Waals surface area contributed by atoms with Crippen LogP contribution in [0.3, 0.4) is 0 Å². The second-order valence-electron chi connectivity index (χ2n) is 4.80. The average molecular weight is 303 g/mol. The smallest absolute Gasteiger partial charge is 0.119 e. The Labute approximate surface area is 127 Å². The lowest BCUT2D eigenvalue weighted by atomic mass is 10.3. The summed E-state index contributed by atoms with van der Waals surface area (Å²) >= 11 is 5.81. The average Bonchev–Trinajstić information content (AvgIpc) is 2.90. The molecule has 0 aliphatic carbocycles. The normalized spacial score (nSPS) is 12.5. The number of nitrogens with zero attached hydrogens (tertiary/aromatic N) is 2. The topological polar surface area (TPSA) is 47.3 Å². The fourth-order valence-electron chi connectivity index (χ4n) is 2.16. The van der Waals surface area contributed by atoms with Crippen molar-refractivity contribution >= 4 is 22.6 Å². The van der Waals surface area contributed by atoms with Gasteiger partial charge in [-0.15, -0.1) is 0 Å². The van der Waals surface area contributed by atoms with E-state index in [1.54, 1.807) is 30.6 Å². The molecule has 108 valence electrons. The molecule has 1 heterocycles. The van der Waals surface area contributed by atoms with Crippen molar-refractivity contribution in [1.82, 2.24) is 9.55 Å². The number of ether oxygens (including phenoxy) is 1. The fourth-order valence-corrected chi connectivity index (χ4v) is 2.28. The summed E-state index contributed by atoms with van der Waals surface area (Å²) in [7, 11) is 0. The standard InChI is InChI=1S/C16H15ClN2O2/c17-12-5-7-14(8-6-12)21-10-13(20)9-19-11-18-15-3-1-2-4-16(15)19/h1-8,11,13,20H,9-10H2/t13-/m0/s1. The molecule has 5 heteroatoms. The third-order valence-corrected chi connectivity index (χ3v) is 3.44. The van der Waals surface area contributed by atoms with Crippen molar-refractivity contribution in [2.75, 3.05) is 6.61 Å². The van der Waals surface area contributed by atoms with Crippen LogP contribution in [-0.2, 0) is 6.54 Å². The minimum atomic E-state index is -0.613. The highest BCUT2D eigenvalue weighted by atomic mass is 35.5. The molecule has 0 fully saturated rings. The first-order valence-corrected chi connectivity index (χ1v) is 7.06. The van der Waals surface area contributed by atoms with Crippen LogP contribution in [0.1, 0.15) is 0 Å². The second kappa shape index (κ2) is 6.16. The molecule has 0 aliphatic rings. The van der Waals surface area contributed by atoms with Gasteiger partial charge in [0.15, 0.2) is 0 Å². The first kappa shape index (κ1) is 13.9. The van der Waals surface area contributed by atoms with Gasteiger partial charge < -0.3 is 14.4 Å². The van der Waals surface area contributed by atoms with Crippen molar-refractivity contribution in [1.29, 1.82) is 0 Å². The Hall–Kier alpha value is -2.04. The highest BCUT2D eigenvalue weighted by molar-refractivity contribution is 6.30. The van der Waals surface area contributed by atoms with Gasteiger partial charge >= 0.3 is 0 Å². The first-order chi connectivity index (χ1) is 10.2. The Morgan fingerprint density at radius 2 is 1.90 bits per heavy atom. The molecular formula is C16H15ClN2O2. The lowest BCUT2D eigenvalue weighted by Gasteiger charge is -2.13. The molecule has 0 spiro atoms. The van der Waals surface area contributed by atoms with Crippen LogP contribution in [0.25, 0.3) is 11.0 Å². The molecule has 1 N–H and O–H groups in total. The summed E-state index contributed by atoms with van der Waals surface area (Å²) in [5.41, 5.74) is 1.92. The van der Waals surface area contributed by atoms with Crippen molar-refractivity contribution in [2.45, 2.75) is 12.6 Å². The maximum atomic E-state index is 10.1. The van der Waals surface area contributed by atoms with E-state index in [0.717, 1.165) is 11.0 Å². The Bertz CT molecular complexity index is 724. The predicted octanol–water partition coefficient (Wildman–Crippen LogP) is 3.13. The van der Waals surface area contributed by atoms with Crippen LogP contribution in [0, 0.1) is 0 Å². The molecule has 1 aromatic heterocycles. The van der Waals surface area contributed by atoms with Crippen LogP contribution in [0.2, 0.25) is 5.02 Å². The van der Waals surface area contributed by atoms with Crippen LogP contribution in [0.4, 0.5) is 0 Å². The zero-order valence-electron chi connectivity index (χ0n) is 11.3. The number of rotatable bonds is 5. The largest absolute Gasteiger partial charge is 0.491 e. The van der Waals surface area contributed by atoms with Crippen molar-refractivity contribution in [3.05, 3.63) is 59.9 Å². The SMILES string of the molecule is O[C@H](COc1ccc(Cl)cc1)Cn1cnc2ccccc21. The molecule has 2 aromatic carbocycles. The van der Waals surface area contributed by atoms with E-state index in [1.165, 1.54) is 0 Å². The fraction of sp³-hybridized carbons (Fsp3) is 0.188. The summed E-state index contributed by atoms with van der Waals surface area (Å²) in [6.45, 7) is 0.655. The molecule has 0 radical (unpaired) electrons. The summed E-state index contributed by atoms with van der Waals surface area (Å²) in [4.78, 5) is 4.30. The number of benzene rings is 2. The lowest BCUT2D eigenvalue weighted by Crippen LogP contribution is -2.23. The highest BCUT2D eigenvalue weighted by Gasteiger charge is 2.09. The van der Waals surface area contributed by atoms with Gasteiger partial charge in [-0.2, -0.15) is 0 Å². The number of fused-ring (bicyclic) bond motifs is 1. The molecule has 0 bridgehead atoms. The summed E-state index contributed by atoms with van der Waals surface area (Å²) < 4.78 is 7.46. The molecule has 0 aliphatic heterocycles. The van der Waals surface area contributed by atoms with E-state index in [1.807, 2.05) is 28.8 Å². The van der Waals surface area contributed by atoms with Gasteiger partial charge in [-0.25, -0.2) is 4.98 Å². The molecule has 0 saturated carbocycles. The molecule has 1 atom stereocenters. The van der Waals surface area contributed by atoms with Gasteiger partial charge in [-0.3, -0.25) is 0 Å². The van der Waals surface area contributed by atoms with Crippen LogP contribution in [0.5, 0.6) is 5.75 Å². The second-order valence-corrected chi connectivity index (χ2v) is 5.24. The number of hydrogen-bond donors (Lipinski definition) is 1. The zero-order valence-corrected chi connectivity index (χ0v) is 12.1. The molecule has 4 nitrogen and oxygen atoms in total. The number of aliphatic hydroxyl groups is 1. The summed E-state index contributed by atoms with van der Waals surface area (Å²) in [5, 5.41) is 10.8. The van der Waals surface area contributed by atoms with E-state index in [2.05, 4.69) is 4.98 Å². The van der Waals surface area contributed by atoms with Crippen LogP contribution in [-0.4, -0.2) is 27.4 Å². The Kier molecular flexibility index (Phi) is 4.08. The van der Waals surface area contributed by atoms with Crippen LogP contribution in [0.15, 0.2) is 54.9 Å². The van der Waals surface area contributed by atoms with Gasteiger partial charge in [0.25, 0.3) is 0 Å². The molecule has 21 heavy (non-hydrogen) atoms. The van der Waals surface area contributed by atoms with Crippen LogP contribution < -0.4 is 4.74 Å². The van der Waals surface area contributed by atoms with Crippen molar-refractivity contribution in [3.63, 3.8) is 0 Å². The Balaban J connectivity index is 1.61. The van der Waals surface area contributed by atoms with E-state index in [9.17, 15) is 5.11 Å². The van der Waals surface area contributed by atoms with Crippen molar-refractivity contribution < 1.29 is 9.84 Å². The van der Waals surface area contributed by atoms with E-state index in [0.29, 0.717) is 17.3 Å². The molecular weight excluding hydrogens is 288 g/mol. The number of aliphatic hydroxyl groups excluding tert-OH is 1. The van der Waals surface area contributed by atoms with E-state index in [-0.39, 0.29) is 6.61 Å². The molecule has 0 saturated heterocycles. The number of para-hydroxylation sites is 2. The number of imidazole rings is 1. The Morgan fingerprint density at radius 3 is 2.71 bits per heavy atom. The minimum absolute atomic E-state index is 0.216. The minimum Gasteiger partial charge on any atom is -0.491 e. The lowest BCUT2D eigenvalue weighted by molar-refractivity contribution is 0.0934. The van der Waals surface area contributed by atoms with Gasteiger partial charge in [0.05, 0.1) is 23.9 Å². The maximum Gasteiger partial charge on any atom is 0.119 e. The van der Waals surface area contributed by atoms with Gasteiger partial charge in [0.1, 0.15) is 18.5 Å². The summed E-state index contributed by atoms with van der Waals surface area (Å²) in [6, 6.07) is 14.9. The highest BCUT2D eigenvalue weighted by Crippen LogP contribution is 2.16. The van der Waals surface area contributed by atoms with E-state index >= 15 is 0 Å². The summed E-state index contributed by atoms with van der Waals surface area (Å²) in [6.07, 6.45) is 1.12. The van der Waals surface area contributed by atoms with E-state index in [4.69, 9.17) is 16.3 Å². The number of aromatic nitrogens is 2. The number of hydrogen-bond acceptors (Lipinski definition) is 3. The van der Waals surface area contributed by atoms with Crippen molar-refractivity contribution in [3.8, 4) is 5.75 Å². The van der Waals surface area contributed by atoms with Gasteiger partial charge in [0.2, 0.25) is 0 Å². The van der Waals surface area contributed by atoms with Gasteiger partial charge in [-0.1, -0.05) is 23.7 Å². The van der Waals surface area contributed by atoms with E-state index < -0.39 is 6.10 Å². The van der Waals surface area contributed by atoms with Crippen molar-refractivity contribution in [2.24, 2.45) is 0 Å². The molecule has 0 amide bonds. The molecule has 0 unspecified atom stereocenters. The quantitative estimate of drug-likeness (QED) is 0.787. The van der Waals surface area contributed by atoms with Gasteiger partial charge in [-0.05, 0) is 36.4 Å². The van der Waals surface area contributed by atoms with Crippen LogP contribution >= 0.6 is 11.6 Å². The van der Waals surface area contributed by atoms with Gasteiger partial charge in [0, 0.05) is 5.02 Å². The third kappa shape index (κ3) is 3.35. The molecule has 3 aromatic rings. The predicted molar refractivity (Wildman–Crippen MR) is 82.7 cm³/mol. The monoisotopic (exact) mass is 302 g/mol. The zero-order chi connectivity index (χ0) is 14.7. The third-order valence-electron chi connectivity index (χ3n) is 3.19. The molecule has 3 rings (SSSR count). The number of halogens is 1. The Morgan fingerprint density at radius 1 is 1.14 bits per heavy atom. The first-order valence-electron chi connectivity index (χ1n) is 6.69. The maximum absolute atomic E-state index is 10.1. The summed E-state index contributed by atoms with van der Waals surface area (Å²) in [5.74, 6) is 0.689.